The van der Waals surface area contributed by atoms with Gasteiger partial charge in [-0.15, -0.1) is 0 Å². The normalized spacial score (nSPS) is 12.5. The minimum Gasteiger partial charge on any atom is -0.507 e. The second-order valence-corrected chi connectivity index (χ2v) is 7.92. The maximum Gasteiger partial charge on any atom is 0.307 e. The van der Waals surface area contributed by atoms with Crippen LogP contribution in [-0.2, 0) is 9.53 Å². The average Bonchev–Trinajstić information content (AvgIpc) is 2.75. The van der Waals surface area contributed by atoms with E-state index in [9.17, 15) is 24.6 Å². The van der Waals surface area contributed by atoms with Crippen LogP contribution >= 0.6 is 0 Å². The van der Waals surface area contributed by atoms with E-state index >= 15 is 0 Å². The van der Waals surface area contributed by atoms with Gasteiger partial charge >= 0.3 is 5.97 Å². The van der Waals surface area contributed by atoms with Gasteiger partial charge in [0.2, 0.25) is 0 Å². The zero-order valence-corrected chi connectivity index (χ0v) is 18.6. The summed E-state index contributed by atoms with van der Waals surface area (Å²) in [4.78, 5) is 41.7. The van der Waals surface area contributed by atoms with Crippen LogP contribution in [0.2, 0.25) is 0 Å². The molecule has 0 saturated carbocycles. The lowest BCUT2D eigenvalue weighted by atomic mass is 9.82. The van der Waals surface area contributed by atoms with Crippen LogP contribution < -0.4 is 4.90 Å². The molecule has 2 aromatic carbocycles. The lowest BCUT2D eigenvalue weighted by molar-refractivity contribution is -0.142. The number of esters is 1. The Morgan fingerprint density at radius 3 is 2.19 bits per heavy atom. The van der Waals surface area contributed by atoms with Gasteiger partial charge in [0.15, 0.2) is 17.3 Å². The Kier molecular flexibility index (Phi) is 7.15. The number of benzene rings is 2. The molecule has 0 fully saturated rings. The van der Waals surface area contributed by atoms with Crippen molar-refractivity contribution in [3.63, 3.8) is 0 Å². The lowest BCUT2D eigenvalue weighted by Gasteiger charge is -2.29. The first kappa shape index (κ1) is 23.3. The first-order valence-electron chi connectivity index (χ1n) is 10.6. The van der Waals surface area contributed by atoms with Gasteiger partial charge in [0.05, 0.1) is 29.8 Å². The second-order valence-electron chi connectivity index (χ2n) is 7.92. The monoisotopic (exact) mass is 440 g/mol. The number of carbonyl (C=O) groups is 3. The number of ether oxygens (including phenoxy) is 1. The molecule has 3 rings (SSSR count). The van der Waals surface area contributed by atoms with Gasteiger partial charge in [0.25, 0.3) is 0 Å². The number of phenolic OH excluding ortho intramolecular Hbond substituents is 2. The van der Waals surface area contributed by atoms with Crippen LogP contribution in [-0.4, -0.2) is 73.0 Å². The van der Waals surface area contributed by atoms with Gasteiger partial charge in [-0.1, -0.05) is 24.3 Å². The molecule has 2 aromatic rings. The Balaban J connectivity index is 2.02. The highest BCUT2D eigenvalue weighted by Crippen LogP contribution is 2.43. The molecule has 0 radical (unpaired) electrons. The maximum absolute atomic E-state index is 13.1. The summed E-state index contributed by atoms with van der Waals surface area (Å²) < 4.78 is 5.00. The third kappa shape index (κ3) is 4.60. The number of anilines is 1. The van der Waals surface area contributed by atoms with Crippen molar-refractivity contribution in [3.05, 3.63) is 52.6 Å². The van der Waals surface area contributed by atoms with E-state index in [0.717, 1.165) is 6.54 Å². The summed E-state index contributed by atoms with van der Waals surface area (Å²) in [7, 11) is 3.87. The Morgan fingerprint density at radius 2 is 1.59 bits per heavy atom. The third-order valence-corrected chi connectivity index (χ3v) is 5.39. The van der Waals surface area contributed by atoms with Crippen LogP contribution in [0.3, 0.4) is 0 Å². The summed E-state index contributed by atoms with van der Waals surface area (Å²) in [5.41, 5.74) is 0.163. The minimum atomic E-state index is -0.525. The lowest BCUT2D eigenvalue weighted by Crippen LogP contribution is -2.31. The molecule has 1 aliphatic rings. The van der Waals surface area contributed by atoms with Crippen LogP contribution in [0.15, 0.2) is 30.3 Å². The summed E-state index contributed by atoms with van der Waals surface area (Å²) in [6, 6.07) is 7.62. The number of fused-ring (bicyclic) bond motifs is 2. The number of phenols is 2. The van der Waals surface area contributed by atoms with Gasteiger partial charge in [-0.05, 0) is 34.0 Å². The highest BCUT2D eigenvalue weighted by Gasteiger charge is 2.36. The molecule has 0 unspecified atom stereocenters. The fourth-order valence-corrected chi connectivity index (χ4v) is 3.87. The van der Waals surface area contributed by atoms with Crippen molar-refractivity contribution in [1.82, 2.24) is 4.90 Å². The van der Waals surface area contributed by atoms with Gasteiger partial charge in [0.1, 0.15) is 5.75 Å². The Bertz CT molecular complexity index is 1050. The van der Waals surface area contributed by atoms with E-state index in [4.69, 9.17) is 4.74 Å². The maximum atomic E-state index is 13.1. The molecular formula is C24H28N2O6. The van der Waals surface area contributed by atoms with E-state index < -0.39 is 11.6 Å². The number of nitrogens with zero attached hydrogens (tertiary/aromatic N) is 2. The molecule has 0 spiro atoms. The zero-order valence-electron chi connectivity index (χ0n) is 18.6. The van der Waals surface area contributed by atoms with Crippen molar-refractivity contribution in [2.75, 3.05) is 45.2 Å². The summed E-state index contributed by atoms with van der Waals surface area (Å²) in [5.74, 6) is -2.18. The topological polar surface area (TPSA) is 107 Å². The van der Waals surface area contributed by atoms with Gasteiger partial charge in [-0.25, -0.2) is 0 Å². The quantitative estimate of drug-likeness (QED) is 0.386. The SMILES string of the molecule is CCOC(=O)CCN(CCCN(C)C)c1cc(O)c2c(c1O)C(=O)c1ccccc1C2=O. The van der Waals surface area contributed by atoms with Crippen molar-refractivity contribution in [2.24, 2.45) is 0 Å². The first-order chi connectivity index (χ1) is 15.3. The van der Waals surface area contributed by atoms with Crippen LogP contribution in [0, 0.1) is 0 Å². The molecule has 0 saturated heterocycles. The standard InChI is InChI=1S/C24H28N2O6/c1-4-32-19(28)10-13-26(12-7-11-25(2)3)17-14-18(27)20-21(24(17)31)23(30)16-9-6-5-8-15(16)22(20)29/h5-6,8-9,14,27,31H,4,7,10-13H2,1-3H3. The molecule has 8 heteroatoms. The second kappa shape index (κ2) is 9.82. The molecule has 170 valence electrons. The van der Waals surface area contributed by atoms with Gasteiger partial charge in [-0.2, -0.15) is 0 Å². The fraction of sp³-hybridized carbons (Fsp3) is 0.375. The predicted octanol–water partition coefficient (Wildman–Crippen LogP) is 2.58. The minimum absolute atomic E-state index is 0.0722. The first-order valence-corrected chi connectivity index (χ1v) is 10.6. The largest absolute Gasteiger partial charge is 0.507 e. The van der Waals surface area contributed by atoms with Crippen LogP contribution in [0.4, 0.5) is 5.69 Å². The highest BCUT2D eigenvalue weighted by atomic mass is 16.5. The van der Waals surface area contributed by atoms with Gasteiger partial charge in [-0.3, -0.25) is 14.4 Å². The molecule has 8 nitrogen and oxygen atoms in total. The summed E-state index contributed by atoms with van der Waals surface area (Å²) in [6.45, 7) is 3.43. The van der Waals surface area contributed by atoms with E-state index in [1.54, 1.807) is 24.0 Å². The predicted molar refractivity (Wildman–Crippen MR) is 120 cm³/mol. The summed E-state index contributed by atoms with van der Waals surface area (Å²) in [6.07, 6.45) is 0.783. The molecule has 0 amide bonds. The van der Waals surface area contributed by atoms with Crippen molar-refractivity contribution in [1.29, 1.82) is 0 Å². The third-order valence-electron chi connectivity index (χ3n) is 5.39. The van der Waals surface area contributed by atoms with E-state index in [2.05, 4.69) is 0 Å². The van der Waals surface area contributed by atoms with E-state index in [-0.39, 0.29) is 65.0 Å². The molecule has 0 atom stereocenters. The van der Waals surface area contributed by atoms with Crippen LogP contribution in [0.1, 0.15) is 51.6 Å². The van der Waals surface area contributed by atoms with E-state index in [1.165, 1.54) is 18.2 Å². The fourth-order valence-electron chi connectivity index (χ4n) is 3.87. The van der Waals surface area contributed by atoms with Crippen molar-refractivity contribution in [2.45, 2.75) is 19.8 Å². The molecule has 0 bridgehead atoms. The summed E-state index contributed by atoms with van der Waals surface area (Å²) >= 11 is 0. The molecule has 0 heterocycles. The summed E-state index contributed by atoms with van der Waals surface area (Å²) in [5, 5.41) is 21.8. The van der Waals surface area contributed by atoms with Crippen molar-refractivity contribution < 1.29 is 29.3 Å². The number of aromatic hydroxyl groups is 2. The Morgan fingerprint density at radius 1 is 0.969 bits per heavy atom. The molecule has 32 heavy (non-hydrogen) atoms. The molecule has 2 N–H and O–H groups in total. The van der Waals surface area contributed by atoms with Gasteiger partial charge in [0, 0.05) is 30.3 Å². The molecule has 0 aromatic heterocycles. The number of rotatable bonds is 9. The number of carbonyl (C=O) groups excluding carboxylic acids is 3. The average molecular weight is 440 g/mol. The molecule has 0 aliphatic heterocycles. The smallest absolute Gasteiger partial charge is 0.307 e. The van der Waals surface area contributed by atoms with Gasteiger partial charge < -0.3 is 24.7 Å². The Labute approximate surface area is 187 Å². The van der Waals surface area contributed by atoms with Crippen molar-refractivity contribution >= 4 is 23.2 Å². The van der Waals surface area contributed by atoms with E-state index in [0.29, 0.717) is 13.0 Å². The highest BCUT2D eigenvalue weighted by molar-refractivity contribution is 6.30. The molecular weight excluding hydrogens is 412 g/mol. The Hall–Kier alpha value is -3.39. The van der Waals surface area contributed by atoms with Crippen LogP contribution in [0.25, 0.3) is 0 Å². The van der Waals surface area contributed by atoms with Crippen molar-refractivity contribution in [3.8, 4) is 11.5 Å². The zero-order chi connectivity index (χ0) is 23.4. The molecule has 1 aliphatic carbocycles. The number of ketones is 2. The van der Waals surface area contributed by atoms with E-state index in [1.807, 2.05) is 19.0 Å². The number of hydrogen-bond donors (Lipinski definition) is 2. The number of hydrogen-bond acceptors (Lipinski definition) is 8. The van der Waals surface area contributed by atoms with Crippen LogP contribution in [0.5, 0.6) is 11.5 Å².